The summed E-state index contributed by atoms with van der Waals surface area (Å²) in [6.45, 7) is 6.86. The van der Waals surface area contributed by atoms with Gasteiger partial charge in [0.1, 0.15) is 18.5 Å². The first-order valence-electron chi connectivity index (χ1n) is 8.57. The molecular weight excluding hydrogens is 316 g/mol. The Morgan fingerprint density at radius 3 is 2.44 bits per heavy atom. The number of aliphatic hydroxyl groups is 1. The van der Waals surface area contributed by atoms with Crippen molar-refractivity contribution in [3.63, 3.8) is 0 Å². The smallest absolute Gasteiger partial charge is 0.329 e. The summed E-state index contributed by atoms with van der Waals surface area (Å²) in [6, 6.07) is 13.6. The topological polar surface area (TPSA) is 56.4 Å². The predicted octanol–water partition coefficient (Wildman–Crippen LogP) is 2.88. The minimum atomic E-state index is -0.770. The van der Waals surface area contributed by atoms with Crippen molar-refractivity contribution in [2.75, 3.05) is 6.61 Å². The molecule has 1 unspecified atom stereocenters. The second kappa shape index (κ2) is 7.15. The van der Waals surface area contributed by atoms with Crippen LogP contribution in [0.25, 0.3) is 11.0 Å². The summed E-state index contributed by atoms with van der Waals surface area (Å²) in [7, 11) is 0. The third kappa shape index (κ3) is 3.46. The van der Waals surface area contributed by atoms with Gasteiger partial charge in [-0.3, -0.25) is 9.13 Å². The van der Waals surface area contributed by atoms with Crippen LogP contribution in [-0.4, -0.2) is 27.0 Å². The second-order valence-electron chi connectivity index (χ2n) is 6.36. The SMILES string of the molecule is CCn1c(=O)n(CC(O)COc2cc(C)ccc2C)c2ccccc21. The molecule has 1 aromatic heterocycles. The van der Waals surface area contributed by atoms with Gasteiger partial charge in [-0.2, -0.15) is 0 Å². The number of ether oxygens (including phenoxy) is 1. The zero-order chi connectivity index (χ0) is 18.0. The van der Waals surface area contributed by atoms with Crippen molar-refractivity contribution in [3.8, 4) is 5.75 Å². The molecule has 0 saturated heterocycles. The van der Waals surface area contributed by atoms with Gasteiger partial charge in [0.15, 0.2) is 0 Å². The maximum Gasteiger partial charge on any atom is 0.329 e. The third-order valence-corrected chi connectivity index (χ3v) is 4.41. The quantitative estimate of drug-likeness (QED) is 0.751. The average molecular weight is 340 g/mol. The Kier molecular flexibility index (Phi) is 4.95. The monoisotopic (exact) mass is 340 g/mol. The molecule has 132 valence electrons. The minimum Gasteiger partial charge on any atom is -0.491 e. The van der Waals surface area contributed by atoms with Crippen molar-refractivity contribution in [1.29, 1.82) is 0 Å². The minimum absolute atomic E-state index is 0.102. The number of hydrogen-bond donors (Lipinski definition) is 1. The maximum atomic E-state index is 12.6. The van der Waals surface area contributed by atoms with Crippen molar-refractivity contribution in [3.05, 3.63) is 64.1 Å². The van der Waals surface area contributed by atoms with E-state index in [1.807, 2.05) is 63.2 Å². The fourth-order valence-electron chi connectivity index (χ4n) is 3.07. The molecule has 0 aliphatic carbocycles. The summed E-state index contributed by atoms with van der Waals surface area (Å²) >= 11 is 0. The highest BCUT2D eigenvalue weighted by Crippen LogP contribution is 2.19. The van der Waals surface area contributed by atoms with Crippen molar-refractivity contribution in [1.82, 2.24) is 9.13 Å². The van der Waals surface area contributed by atoms with E-state index in [0.29, 0.717) is 6.54 Å². The molecular formula is C20H24N2O3. The van der Waals surface area contributed by atoms with Gasteiger partial charge in [-0.25, -0.2) is 4.79 Å². The first kappa shape index (κ1) is 17.3. The van der Waals surface area contributed by atoms with E-state index in [-0.39, 0.29) is 18.8 Å². The Balaban J connectivity index is 1.78. The lowest BCUT2D eigenvalue weighted by molar-refractivity contribution is 0.0921. The number of rotatable bonds is 6. The number of imidazole rings is 1. The standard InChI is InChI=1S/C20H24N2O3/c1-4-21-17-7-5-6-8-18(17)22(20(21)24)12-16(23)13-25-19-11-14(2)9-10-15(19)3/h5-11,16,23H,4,12-13H2,1-3H3. The predicted molar refractivity (Wildman–Crippen MR) is 99.3 cm³/mol. The van der Waals surface area contributed by atoms with Crippen molar-refractivity contribution >= 4 is 11.0 Å². The molecule has 0 saturated carbocycles. The zero-order valence-corrected chi connectivity index (χ0v) is 14.9. The second-order valence-corrected chi connectivity index (χ2v) is 6.36. The summed E-state index contributed by atoms with van der Waals surface area (Å²) in [4.78, 5) is 12.6. The molecule has 25 heavy (non-hydrogen) atoms. The number of para-hydroxylation sites is 2. The number of aromatic nitrogens is 2. The van der Waals surface area contributed by atoms with Crippen LogP contribution in [0.2, 0.25) is 0 Å². The van der Waals surface area contributed by atoms with E-state index >= 15 is 0 Å². The van der Waals surface area contributed by atoms with Crippen LogP contribution >= 0.6 is 0 Å². The van der Waals surface area contributed by atoms with Crippen LogP contribution in [0.4, 0.5) is 0 Å². The lowest BCUT2D eigenvalue weighted by Gasteiger charge is -2.15. The Morgan fingerprint density at radius 1 is 1.08 bits per heavy atom. The normalized spacial score (nSPS) is 12.5. The first-order chi connectivity index (χ1) is 12.0. The lowest BCUT2D eigenvalue weighted by atomic mass is 10.1. The largest absolute Gasteiger partial charge is 0.491 e. The maximum absolute atomic E-state index is 12.6. The van der Waals surface area contributed by atoms with E-state index in [9.17, 15) is 9.90 Å². The Bertz CT molecular complexity index is 940. The molecule has 5 nitrogen and oxygen atoms in total. The number of aliphatic hydroxyl groups excluding tert-OH is 1. The van der Waals surface area contributed by atoms with Gasteiger partial charge in [0.05, 0.1) is 17.6 Å². The molecule has 1 heterocycles. The Labute approximate surface area is 147 Å². The molecule has 1 N–H and O–H groups in total. The van der Waals surface area contributed by atoms with Gasteiger partial charge < -0.3 is 9.84 Å². The molecule has 5 heteroatoms. The number of aryl methyl sites for hydroxylation is 3. The van der Waals surface area contributed by atoms with Gasteiger partial charge in [0.2, 0.25) is 0 Å². The van der Waals surface area contributed by atoms with Crippen LogP contribution in [0.5, 0.6) is 5.75 Å². The van der Waals surface area contributed by atoms with Gasteiger partial charge in [0, 0.05) is 6.54 Å². The van der Waals surface area contributed by atoms with E-state index in [4.69, 9.17) is 4.74 Å². The van der Waals surface area contributed by atoms with Gasteiger partial charge in [0.25, 0.3) is 0 Å². The summed E-state index contributed by atoms with van der Waals surface area (Å²) in [5.74, 6) is 0.766. The highest BCUT2D eigenvalue weighted by Gasteiger charge is 2.15. The fraction of sp³-hybridized carbons (Fsp3) is 0.350. The van der Waals surface area contributed by atoms with Crippen LogP contribution in [0.1, 0.15) is 18.1 Å². The van der Waals surface area contributed by atoms with E-state index < -0.39 is 6.10 Å². The molecule has 1 atom stereocenters. The number of fused-ring (bicyclic) bond motifs is 1. The van der Waals surface area contributed by atoms with Crippen molar-refractivity contribution < 1.29 is 9.84 Å². The highest BCUT2D eigenvalue weighted by atomic mass is 16.5. The number of nitrogens with zero attached hydrogens (tertiary/aromatic N) is 2. The summed E-state index contributed by atoms with van der Waals surface area (Å²) in [6.07, 6.45) is -0.770. The van der Waals surface area contributed by atoms with E-state index in [0.717, 1.165) is 27.9 Å². The molecule has 3 aromatic rings. The molecule has 0 aliphatic heterocycles. The van der Waals surface area contributed by atoms with E-state index in [2.05, 4.69) is 0 Å². The molecule has 2 aromatic carbocycles. The summed E-state index contributed by atoms with van der Waals surface area (Å²) in [5, 5.41) is 10.4. The highest BCUT2D eigenvalue weighted by molar-refractivity contribution is 5.75. The number of hydrogen-bond acceptors (Lipinski definition) is 3. The Hall–Kier alpha value is -2.53. The first-order valence-corrected chi connectivity index (χ1v) is 8.57. The molecule has 0 amide bonds. The van der Waals surface area contributed by atoms with Gasteiger partial charge in [-0.1, -0.05) is 24.3 Å². The van der Waals surface area contributed by atoms with Crippen molar-refractivity contribution in [2.24, 2.45) is 0 Å². The fourth-order valence-corrected chi connectivity index (χ4v) is 3.07. The van der Waals surface area contributed by atoms with E-state index in [1.54, 1.807) is 9.13 Å². The van der Waals surface area contributed by atoms with Crippen LogP contribution < -0.4 is 10.4 Å². The molecule has 0 radical (unpaired) electrons. The van der Waals surface area contributed by atoms with E-state index in [1.165, 1.54) is 0 Å². The van der Waals surface area contributed by atoms with Gasteiger partial charge >= 0.3 is 5.69 Å². The Morgan fingerprint density at radius 2 is 1.76 bits per heavy atom. The summed E-state index contributed by atoms with van der Waals surface area (Å²) < 4.78 is 9.10. The van der Waals surface area contributed by atoms with Gasteiger partial charge in [-0.15, -0.1) is 0 Å². The molecule has 0 bridgehead atoms. The summed E-state index contributed by atoms with van der Waals surface area (Å²) in [5.41, 5.74) is 3.75. The lowest BCUT2D eigenvalue weighted by Crippen LogP contribution is -2.31. The molecule has 0 fully saturated rings. The van der Waals surface area contributed by atoms with Crippen LogP contribution in [0.15, 0.2) is 47.3 Å². The van der Waals surface area contributed by atoms with Crippen LogP contribution in [0, 0.1) is 13.8 Å². The average Bonchev–Trinajstić information content (AvgIpc) is 2.87. The third-order valence-electron chi connectivity index (χ3n) is 4.41. The molecule has 0 spiro atoms. The number of benzene rings is 2. The molecule has 0 aliphatic rings. The molecule has 3 rings (SSSR count). The zero-order valence-electron chi connectivity index (χ0n) is 14.9. The van der Waals surface area contributed by atoms with Crippen LogP contribution in [-0.2, 0) is 13.1 Å². The van der Waals surface area contributed by atoms with Crippen LogP contribution in [0.3, 0.4) is 0 Å². The van der Waals surface area contributed by atoms with Crippen molar-refractivity contribution in [2.45, 2.75) is 40.0 Å². The van der Waals surface area contributed by atoms with Gasteiger partial charge in [-0.05, 0) is 50.1 Å².